The van der Waals surface area contributed by atoms with Crippen LogP contribution in [0.1, 0.15) is 44.1 Å². The summed E-state index contributed by atoms with van der Waals surface area (Å²) in [4.78, 5) is 7.53. The Labute approximate surface area is 278 Å². The van der Waals surface area contributed by atoms with Crippen LogP contribution in [-0.4, -0.2) is 107 Å². The number of ether oxygens (including phenoxy) is 1. The maximum Gasteiger partial charge on any atom is 0.262 e. The molecule has 46 heavy (non-hydrogen) atoms. The topological polar surface area (TPSA) is 43.0 Å². The summed E-state index contributed by atoms with van der Waals surface area (Å²) < 4.78 is 7.64. The van der Waals surface area contributed by atoms with E-state index in [4.69, 9.17) is 4.74 Å². The van der Waals surface area contributed by atoms with Crippen LogP contribution >= 0.6 is 0 Å². The van der Waals surface area contributed by atoms with Gasteiger partial charge in [-0.25, -0.2) is 0 Å². The lowest BCUT2D eigenvalue weighted by Gasteiger charge is -2.29. The minimum Gasteiger partial charge on any atom is -0.403 e. The molecular formula is C39H56N6O+2. The first-order valence-corrected chi connectivity index (χ1v) is 17.8. The Kier molecular flexibility index (Phi) is 11.1. The zero-order valence-electron chi connectivity index (χ0n) is 28.5. The van der Waals surface area contributed by atoms with E-state index in [2.05, 4.69) is 107 Å². The van der Waals surface area contributed by atoms with Gasteiger partial charge < -0.3 is 29.7 Å². The maximum absolute atomic E-state index is 6.62. The van der Waals surface area contributed by atoms with E-state index >= 15 is 0 Å². The Balaban J connectivity index is 1.14. The highest BCUT2D eigenvalue weighted by molar-refractivity contribution is 5.86. The molecule has 2 N–H and O–H groups in total. The lowest BCUT2D eigenvalue weighted by Crippen LogP contribution is -2.40. The van der Waals surface area contributed by atoms with Crippen molar-refractivity contribution >= 4 is 11.3 Å². The number of hydrogen-bond donors (Lipinski definition) is 2. The molecule has 3 saturated heterocycles. The van der Waals surface area contributed by atoms with Crippen molar-refractivity contribution in [2.24, 2.45) is 5.92 Å². The van der Waals surface area contributed by atoms with Gasteiger partial charge in [0, 0.05) is 56.7 Å². The number of fused-ring (bicyclic) bond motifs is 4. The molecule has 5 aliphatic rings. The lowest BCUT2D eigenvalue weighted by molar-refractivity contribution is -0.870. The highest BCUT2D eigenvalue weighted by Crippen LogP contribution is 2.41. The van der Waals surface area contributed by atoms with E-state index in [1.165, 1.54) is 54.6 Å². The fourth-order valence-corrected chi connectivity index (χ4v) is 7.32. The van der Waals surface area contributed by atoms with Crippen LogP contribution in [0.25, 0.3) is 5.57 Å². The molecule has 246 valence electrons. The smallest absolute Gasteiger partial charge is 0.262 e. The van der Waals surface area contributed by atoms with Gasteiger partial charge in [0.25, 0.3) is 11.5 Å². The van der Waals surface area contributed by atoms with Gasteiger partial charge in [-0.1, -0.05) is 30.4 Å². The number of quaternary nitrogens is 1. The quantitative estimate of drug-likeness (QED) is 0.287. The van der Waals surface area contributed by atoms with E-state index < -0.39 is 0 Å². The molecule has 0 radical (unpaired) electrons. The molecule has 3 fully saturated rings. The van der Waals surface area contributed by atoms with Crippen LogP contribution < -0.4 is 15.5 Å². The van der Waals surface area contributed by atoms with E-state index in [-0.39, 0.29) is 6.23 Å². The van der Waals surface area contributed by atoms with Crippen LogP contribution in [0.4, 0.5) is 5.69 Å². The van der Waals surface area contributed by atoms with Crippen LogP contribution in [0, 0.1) is 12.0 Å². The third-order valence-electron chi connectivity index (χ3n) is 9.89. The summed E-state index contributed by atoms with van der Waals surface area (Å²) in [6.45, 7) is 11.0. The number of anilines is 1. The zero-order chi connectivity index (χ0) is 31.8. The van der Waals surface area contributed by atoms with Gasteiger partial charge >= 0.3 is 0 Å². The molecule has 7 heteroatoms. The minimum atomic E-state index is -0.0458. The second-order valence-electron chi connectivity index (χ2n) is 14.5. The summed E-state index contributed by atoms with van der Waals surface area (Å²) in [6.07, 6.45) is 26.0. The SMILES string of the molecule is C[N+](C)(C)CCCC1CCC(=CC=C2C=CN(CCCN3CCNCCCNCC3)c3ccccc32)C2OC3=CC=C[C+]=C3N2C1. The molecule has 0 bridgehead atoms. The molecule has 1 aliphatic carbocycles. The Morgan fingerprint density at radius 1 is 1.00 bits per heavy atom. The molecule has 0 saturated carbocycles. The number of nitrogens with zero attached hydrogens (tertiary/aromatic N) is 4. The van der Waals surface area contributed by atoms with E-state index in [0.717, 1.165) is 87.7 Å². The van der Waals surface area contributed by atoms with E-state index in [1.54, 1.807) is 0 Å². The third kappa shape index (κ3) is 8.58. The summed E-state index contributed by atoms with van der Waals surface area (Å²) in [6, 6.07) is 8.89. The van der Waals surface area contributed by atoms with E-state index in [1.807, 2.05) is 12.2 Å². The van der Waals surface area contributed by atoms with Crippen LogP contribution in [0.15, 0.2) is 84.0 Å². The third-order valence-corrected chi connectivity index (χ3v) is 9.89. The van der Waals surface area contributed by atoms with Gasteiger partial charge in [0.1, 0.15) is 6.08 Å². The van der Waals surface area contributed by atoms with Crippen molar-refractivity contribution in [1.82, 2.24) is 20.4 Å². The Morgan fingerprint density at radius 3 is 2.65 bits per heavy atom. The molecule has 2 atom stereocenters. The number of allylic oxidation sites excluding steroid dienone is 8. The fraction of sp³-hybridized carbons (Fsp3) is 0.538. The van der Waals surface area contributed by atoms with Gasteiger partial charge in [0.15, 0.2) is 0 Å². The Bertz CT molecular complexity index is 1350. The molecule has 4 aliphatic heterocycles. The van der Waals surface area contributed by atoms with Crippen molar-refractivity contribution in [3.05, 3.63) is 95.6 Å². The van der Waals surface area contributed by atoms with E-state index in [9.17, 15) is 0 Å². The van der Waals surface area contributed by atoms with Crippen molar-refractivity contribution in [2.45, 2.75) is 44.8 Å². The molecule has 1 aromatic carbocycles. The average molecular weight is 625 g/mol. The molecular weight excluding hydrogens is 568 g/mol. The first-order valence-electron chi connectivity index (χ1n) is 17.8. The van der Waals surface area contributed by atoms with Crippen LogP contribution in [0.5, 0.6) is 0 Å². The molecule has 2 unspecified atom stereocenters. The standard InChI is InChI=1S/C39H56N6O/c1-45(2,3)30-8-11-32-16-17-34(39-44(31-32)37-14-6-7-15-38(37)46-39)19-18-33-20-27-43(36-13-5-4-12-35(33)36)26-10-25-42-28-23-40-21-9-22-41-24-29-42/h4-7,12-13,15,18-20,27,32,39-41H,8-11,16-17,21-26,28-31H2,1-3H3/q+2. The first kappa shape index (κ1) is 32.7. The molecule has 4 heterocycles. The van der Waals surface area contributed by atoms with Crippen LogP contribution in [0.2, 0.25) is 0 Å². The largest absolute Gasteiger partial charge is 0.403 e. The maximum atomic E-state index is 6.62. The number of nitrogens with one attached hydrogen (secondary N) is 2. The molecule has 0 amide bonds. The highest BCUT2D eigenvalue weighted by atomic mass is 16.5. The van der Waals surface area contributed by atoms with Crippen LogP contribution in [-0.2, 0) is 4.74 Å². The fourth-order valence-electron chi connectivity index (χ4n) is 7.32. The lowest BCUT2D eigenvalue weighted by atomic mass is 9.95. The summed E-state index contributed by atoms with van der Waals surface area (Å²) >= 11 is 0. The summed E-state index contributed by atoms with van der Waals surface area (Å²) in [5.74, 6) is 1.62. The molecule has 1 aromatic rings. The minimum absolute atomic E-state index is 0.0458. The molecule has 0 spiro atoms. The number of para-hydroxylation sites is 1. The van der Waals surface area contributed by atoms with Crippen molar-refractivity contribution in [1.29, 1.82) is 0 Å². The average Bonchev–Trinajstić information content (AvgIpc) is 3.32. The van der Waals surface area contributed by atoms with Gasteiger partial charge in [0.2, 0.25) is 6.23 Å². The van der Waals surface area contributed by atoms with Gasteiger partial charge in [-0.05, 0) is 87.4 Å². The van der Waals surface area contributed by atoms with Crippen molar-refractivity contribution < 1.29 is 9.22 Å². The second-order valence-corrected chi connectivity index (χ2v) is 14.5. The van der Waals surface area contributed by atoms with Gasteiger partial charge in [-0.3, -0.25) is 4.90 Å². The molecule has 0 aromatic heterocycles. The van der Waals surface area contributed by atoms with E-state index in [0.29, 0.717) is 5.92 Å². The summed E-state index contributed by atoms with van der Waals surface area (Å²) in [5.41, 5.74) is 6.37. The molecule has 7 nitrogen and oxygen atoms in total. The Morgan fingerprint density at radius 2 is 1.83 bits per heavy atom. The van der Waals surface area contributed by atoms with Gasteiger partial charge in [-0.2, -0.15) is 0 Å². The monoisotopic (exact) mass is 624 g/mol. The predicted molar refractivity (Wildman–Crippen MR) is 191 cm³/mol. The van der Waals surface area contributed by atoms with Gasteiger partial charge in [-0.15, -0.1) is 0 Å². The predicted octanol–water partition coefficient (Wildman–Crippen LogP) is 5.30. The number of rotatable bonds is 9. The summed E-state index contributed by atoms with van der Waals surface area (Å²) in [5, 5.41) is 7.17. The Hall–Kier alpha value is -3.19. The summed E-state index contributed by atoms with van der Waals surface area (Å²) in [7, 11) is 6.89. The van der Waals surface area contributed by atoms with Crippen molar-refractivity contribution in [2.75, 3.05) is 91.5 Å². The zero-order valence-corrected chi connectivity index (χ0v) is 28.5. The molecule has 6 rings (SSSR count). The van der Waals surface area contributed by atoms with Crippen LogP contribution in [0.3, 0.4) is 0 Å². The number of hydrogen-bond acceptors (Lipinski definition) is 6. The number of benzene rings is 1. The van der Waals surface area contributed by atoms with Gasteiger partial charge in [0.05, 0.1) is 45.9 Å². The first-order chi connectivity index (χ1) is 22.4. The second kappa shape index (κ2) is 15.6. The highest BCUT2D eigenvalue weighted by Gasteiger charge is 2.44. The van der Waals surface area contributed by atoms with Crippen molar-refractivity contribution in [3.8, 4) is 0 Å². The van der Waals surface area contributed by atoms with Crippen molar-refractivity contribution in [3.63, 3.8) is 0 Å². The normalized spacial score (nSPS) is 25.6.